The SMILES string of the molecule is CCNc1ncc(C(=O)NC(C)c2cn[nH]c2)cc1Cl. The Kier molecular flexibility index (Phi) is 4.57. The highest BCUT2D eigenvalue weighted by atomic mass is 35.5. The van der Waals surface area contributed by atoms with E-state index in [1.807, 2.05) is 13.8 Å². The van der Waals surface area contributed by atoms with Crippen LogP contribution in [0.2, 0.25) is 5.02 Å². The van der Waals surface area contributed by atoms with Crippen LogP contribution in [0.25, 0.3) is 0 Å². The van der Waals surface area contributed by atoms with Crippen LogP contribution in [0.5, 0.6) is 0 Å². The molecule has 7 heteroatoms. The quantitative estimate of drug-likeness (QED) is 0.790. The number of hydrogen-bond donors (Lipinski definition) is 3. The average Bonchev–Trinajstić information content (AvgIpc) is 2.95. The topological polar surface area (TPSA) is 82.7 Å². The van der Waals surface area contributed by atoms with Crippen LogP contribution in [-0.4, -0.2) is 27.6 Å². The van der Waals surface area contributed by atoms with Crippen LogP contribution in [0.3, 0.4) is 0 Å². The molecule has 0 spiro atoms. The lowest BCUT2D eigenvalue weighted by molar-refractivity contribution is 0.0939. The molecule has 20 heavy (non-hydrogen) atoms. The maximum Gasteiger partial charge on any atom is 0.253 e. The maximum absolute atomic E-state index is 12.1. The molecule has 1 amide bonds. The van der Waals surface area contributed by atoms with E-state index >= 15 is 0 Å². The van der Waals surface area contributed by atoms with Crippen LogP contribution >= 0.6 is 11.6 Å². The third kappa shape index (κ3) is 3.27. The first kappa shape index (κ1) is 14.3. The number of aromatic amines is 1. The number of nitrogens with one attached hydrogen (secondary N) is 3. The van der Waals surface area contributed by atoms with Gasteiger partial charge in [0.15, 0.2) is 0 Å². The molecule has 2 rings (SSSR count). The second-order valence-corrected chi connectivity index (χ2v) is 4.72. The molecule has 0 radical (unpaired) electrons. The van der Waals surface area contributed by atoms with Crippen molar-refractivity contribution in [2.24, 2.45) is 0 Å². The summed E-state index contributed by atoms with van der Waals surface area (Å²) in [6.07, 6.45) is 4.91. The summed E-state index contributed by atoms with van der Waals surface area (Å²) in [6.45, 7) is 4.55. The van der Waals surface area contributed by atoms with E-state index in [2.05, 4.69) is 25.8 Å². The molecular weight excluding hydrogens is 278 g/mol. The highest BCUT2D eigenvalue weighted by Gasteiger charge is 2.14. The number of nitrogens with zero attached hydrogens (tertiary/aromatic N) is 2. The Balaban J connectivity index is 2.07. The Hall–Kier alpha value is -2.08. The molecule has 1 unspecified atom stereocenters. The lowest BCUT2D eigenvalue weighted by Crippen LogP contribution is -2.26. The number of amides is 1. The molecule has 2 aromatic rings. The van der Waals surface area contributed by atoms with Gasteiger partial charge in [-0.05, 0) is 19.9 Å². The molecule has 0 aliphatic heterocycles. The minimum absolute atomic E-state index is 0.145. The van der Waals surface area contributed by atoms with Gasteiger partial charge in [0.25, 0.3) is 5.91 Å². The summed E-state index contributed by atoms with van der Waals surface area (Å²) >= 11 is 6.07. The monoisotopic (exact) mass is 293 g/mol. The number of rotatable bonds is 5. The van der Waals surface area contributed by atoms with Gasteiger partial charge >= 0.3 is 0 Å². The van der Waals surface area contributed by atoms with E-state index in [0.717, 1.165) is 12.1 Å². The molecule has 6 nitrogen and oxygen atoms in total. The highest BCUT2D eigenvalue weighted by molar-refractivity contribution is 6.33. The summed E-state index contributed by atoms with van der Waals surface area (Å²) < 4.78 is 0. The molecule has 0 fully saturated rings. The number of carbonyl (C=O) groups is 1. The molecule has 2 aromatic heterocycles. The Morgan fingerprint density at radius 2 is 2.30 bits per heavy atom. The van der Waals surface area contributed by atoms with Gasteiger partial charge in [0.2, 0.25) is 0 Å². The average molecular weight is 294 g/mol. The van der Waals surface area contributed by atoms with E-state index in [1.54, 1.807) is 18.5 Å². The van der Waals surface area contributed by atoms with Crippen molar-refractivity contribution in [1.82, 2.24) is 20.5 Å². The van der Waals surface area contributed by atoms with Crippen molar-refractivity contribution in [1.29, 1.82) is 0 Å². The Morgan fingerprint density at radius 3 is 2.90 bits per heavy atom. The molecule has 0 bridgehead atoms. The standard InChI is InChI=1S/C13H16ClN5O/c1-3-15-12-11(14)4-9(5-16-12)13(20)19-8(2)10-6-17-18-7-10/h4-8H,3H2,1-2H3,(H,15,16)(H,17,18)(H,19,20). The zero-order valence-electron chi connectivity index (χ0n) is 11.3. The number of aromatic nitrogens is 3. The zero-order valence-corrected chi connectivity index (χ0v) is 12.0. The van der Waals surface area contributed by atoms with E-state index in [4.69, 9.17) is 11.6 Å². The summed E-state index contributed by atoms with van der Waals surface area (Å²) in [7, 11) is 0. The maximum atomic E-state index is 12.1. The zero-order chi connectivity index (χ0) is 14.5. The van der Waals surface area contributed by atoms with Crippen molar-refractivity contribution in [2.45, 2.75) is 19.9 Å². The van der Waals surface area contributed by atoms with Crippen LogP contribution < -0.4 is 10.6 Å². The summed E-state index contributed by atoms with van der Waals surface area (Å²) in [6, 6.07) is 1.46. The summed E-state index contributed by atoms with van der Waals surface area (Å²) in [5, 5.41) is 12.9. The summed E-state index contributed by atoms with van der Waals surface area (Å²) in [5.74, 6) is 0.352. The first-order valence-corrected chi connectivity index (χ1v) is 6.68. The van der Waals surface area contributed by atoms with Crippen molar-refractivity contribution in [3.05, 3.63) is 40.8 Å². The molecule has 106 valence electrons. The van der Waals surface area contributed by atoms with Gasteiger partial charge in [-0.2, -0.15) is 5.10 Å². The Labute approximate surface area is 121 Å². The first-order valence-electron chi connectivity index (χ1n) is 6.30. The van der Waals surface area contributed by atoms with E-state index in [0.29, 0.717) is 16.4 Å². The van der Waals surface area contributed by atoms with E-state index in [9.17, 15) is 4.79 Å². The van der Waals surface area contributed by atoms with E-state index in [1.165, 1.54) is 6.20 Å². The van der Waals surface area contributed by atoms with Gasteiger partial charge in [0, 0.05) is 24.5 Å². The number of carbonyl (C=O) groups excluding carboxylic acids is 1. The molecule has 1 atom stereocenters. The number of pyridine rings is 1. The fourth-order valence-corrected chi connectivity index (χ4v) is 1.95. The van der Waals surface area contributed by atoms with Crippen LogP contribution in [0.4, 0.5) is 5.82 Å². The molecule has 0 aromatic carbocycles. The second kappa shape index (κ2) is 6.38. The van der Waals surface area contributed by atoms with Crippen molar-refractivity contribution in [3.8, 4) is 0 Å². The van der Waals surface area contributed by atoms with Gasteiger partial charge in [0.05, 0.1) is 22.8 Å². The predicted octanol–water partition coefficient (Wildman–Crippen LogP) is 2.38. The highest BCUT2D eigenvalue weighted by Crippen LogP contribution is 2.20. The predicted molar refractivity (Wildman–Crippen MR) is 77.9 cm³/mol. The Bertz CT molecular complexity index is 584. The smallest absolute Gasteiger partial charge is 0.253 e. The van der Waals surface area contributed by atoms with Crippen molar-refractivity contribution < 1.29 is 4.79 Å². The fourth-order valence-electron chi connectivity index (χ4n) is 1.72. The number of halogens is 1. The largest absolute Gasteiger partial charge is 0.369 e. The van der Waals surface area contributed by atoms with Gasteiger partial charge in [-0.1, -0.05) is 11.6 Å². The number of hydrogen-bond acceptors (Lipinski definition) is 4. The van der Waals surface area contributed by atoms with Crippen molar-refractivity contribution >= 4 is 23.3 Å². The van der Waals surface area contributed by atoms with Crippen LogP contribution in [0.15, 0.2) is 24.7 Å². The van der Waals surface area contributed by atoms with Crippen LogP contribution in [0, 0.1) is 0 Å². The minimum atomic E-state index is -0.226. The second-order valence-electron chi connectivity index (χ2n) is 4.31. The van der Waals surface area contributed by atoms with Crippen molar-refractivity contribution in [2.75, 3.05) is 11.9 Å². The molecule has 2 heterocycles. The van der Waals surface area contributed by atoms with Crippen LogP contribution in [-0.2, 0) is 0 Å². The minimum Gasteiger partial charge on any atom is -0.369 e. The summed E-state index contributed by atoms with van der Waals surface area (Å²) in [4.78, 5) is 16.2. The lowest BCUT2D eigenvalue weighted by atomic mass is 10.1. The van der Waals surface area contributed by atoms with Crippen LogP contribution in [0.1, 0.15) is 35.8 Å². The third-order valence-electron chi connectivity index (χ3n) is 2.81. The van der Waals surface area contributed by atoms with Gasteiger partial charge in [-0.15, -0.1) is 0 Å². The Morgan fingerprint density at radius 1 is 1.50 bits per heavy atom. The van der Waals surface area contributed by atoms with Gasteiger partial charge < -0.3 is 10.6 Å². The first-order chi connectivity index (χ1) is 9.61. The lowest BCUT2D eigenvalue weighted by Gasteiger charge is -2.12. The molecule has 0 aliphatic rings. The van der Waals surface area contributed by atoms with E-state index < -0.39 is 0 Å². The molecular formula is C13H16ClN5O. The molecule has 0 aliphatic carbocycles. The van der Waals surface area contributed by atoms with Gasteiger partial charge in [-0.3, -0.25) is 9.89 Å². The molecule has 3 N–H and O–H groups in total. The third-order valence-corrected chi connectivity index (χ3v) is 3.10. The van der Waals surface area contributed by atoms with Crippen molar-refractivity contribution in [3.63, 3.8) is 0 Å². The number of H-pyrrole nitrogens is 1. The fraction of sp³-hybridized carbons (Fsp3) is 0.308. The molecule has 0 saturated heterocycles. The van der Waals surface area contributed by atoms with Gasteiger partial charge in [0.1, 0.15) is 5.82 Å². The number of anilines is 1. The summed E-state index contributed by atoms with van der Waals surface area (Å²) in [5.41, 5.74) is 1.33. The van der Waals surface area contributed by atoms with E-state index in [-0.39, 0.29) is 11.9 Å². The van der Waals surface area contributed by atoms with Gasteiger partial charge in [-0.25, -0.2) is 4.98 Å². The molecule has 0 saturated carbocycles. The normalized spacial score (nSPS) is 11.9.